The number of anilines is 1. The molecule has 4 aromatic rings. The molecule has 1 aliphatic carbocycles. The number of morpholine rings is 1. The average molecular weight is 484 g/mol. The maximum Gasteiger partial charge on any atom is 0.146 e. The molecule has 2 aliphatic rings. The lowest BCUT2D eigenvalue weighted by molar-refractivity contribution is -0.0224. The van der Waals surface area contributed by atoms with Crippen molar-refractivity contribution >= 4 is 16.9 Å². The van der Waals surface area contributed by atoms with Crippen LogP contribution in [0.4, 0.5) is 5.82 Å². The average Bonchev–Trinajstić information content (AvgIpc) is 3.34. The van der Waals surface area contributed by atoms with Crippen molar-refractivity contribution in [1.29, 1.82) is 0 Å². The van der Waals surface area contributed by atoms with E-state index in [2.05, 4.69) is 50.3 Å². The summed E-state index contributed by atoms with van der Waals surface area (Å²) < 4.78 is 14.5. The van der Waals surface area contributed by atoms with Gasteiger partial charge in [0, 0.05) is 30.9 Å². The lowest BCUT2D eigenvalue weighted by Gasteiger charge is -2.36. The van der Waals surface area contributed by atoms with Crippen molar-refractivity contribution in [2.24, 2.45) is 5.92 Å². The number of rotatable bonds is 6. The van der Waals surface area contributed by atoms with Gasteiger partial charge in [-0.15, -0.1) is 0 Å². The molecule has 3 N–H and O–H groups in total. The van der Waals surface area contributed by atoms with Crippen LogP contribution >= 0.6 is 0 Å². The number of fused-ring (bicyclic) bond motifs is 1. The molecular formula is C29H33N5O2. The molecule has 1 unspecified atom stereocenters. The Labute approximate surface area is 211 Å². The minimum atomic E-state index is 0.341. The smallest absolute Gasteiger partial charge is 0.146 e. The lowest BCUT2D eigenvalue weighted by Crippen LogP contribution is -2.43. The van der Waals surface area contributed by atoms with Gasteiger partial charge in [0.25, 0.3) is 0 Å². The van der Waals surface area contributed by atoms with Crippen molar-refractivity contribution in [3.8, 4) is 16.9 Å². The molecule has 1 saturated carbocycles. The van der Waals surface area contributed by atoms with Crippen LogP contribution in [0.1, 0.15) is 37.3 Å². The van der Waals surface area contributed by atoms with E-state index in [1.54, 1.807) is 6.33 Å². The number of nitrogens with two attached hydrogens (primary N) is 1. The zero-order chi connectivity index (χ0) is 24.3. The highest BCUT2D eigenvalue weighted by atomic mass is 16.5. The van der Waals surface area contributed by atoms with Crippen LogP contribution in [-0.2, 0) is 11.3 Å². The lowest BCUT2D eigenvalue weighted by atomic mass is 9.82. The van der Waals surface area contributed by atoms with Crippen LogP contribution in [0.25, 0.3) is 22.2 Å². The predicted molar refractivity (Wildman–Crippen MR) is 142 cm³/mol. The van der Waals surface area contributed by atoms with Gasteiger partial charge in [-0.1, -0.05) is 42.5 Å². The molecule has 0 bridgehead atoms. The Morgan fingerprint density at radius 3 is 2.69 bits per heavy atom. The summed E-state index contributed by atoms with van der Waals surface area (Å²) in [6.45, 7) is 3.28. The second kappa shape index (κ2) is 10.3. The van der Waals surface area contributed by atoms with E-state index in [4.69, 9.17) is 15.2 Å². The van der Waals surface area contributed by atoms with E-state index in [9.17, 15) is 0 Å². The molecule has 186 valence electrons. The number of hydrogen-bond acceptors (Lipinski definition) is 6. The van der Waals surface area contributed by atoms with Gasteiger partial charge >= 0.3 is 0 Å². The normalized spacial score (nSPS) is 22.5. The van der Waals surface area contributed by atoms with E-state index >= 15 is 0 Å². The van der Waals surface area contributed by atoms with E-state index in [1.165, 1.54) is 0 Å². The summed E-state index contributed by atoms with van der Waals surface area (Å²) >= 11 is 0. The number of nitrogen functional groups attached to an aromatic ring is 1. The number of nitrogens with zero attached hydrogens (tertiary/aromatic N) is 3. The van der Waals surface area contributed by atoms with Gasteiger partial charge in [-0.25, -0.2) is 9.97 Å². The Morgan fingerprint density at radius 2 is 1.89 bits per heavy atom. The van der Waals surface area contributed by atoms with Crippen LogP contribution in [0.3, 0.4) is 0 Å². The number of hydrogen-bond donors (Lipinski definition) is 2. The van der Waals surface area contributed by atoms with Gasteiger partial charge in [-0.05, 0) is 54.9 Å². The predicted octanol–water partition coefficient (Wildman–Crippen LogP) is 4.98. The van der Waals surface area contributed by atoms with Gasteiger partial charge in [-0.2, -0.15) is 0 Å². The fourth-order valence-corrected chi connectivity index (χ4v) is 5.74. The zero-order valence-electron chi connectivity index (χ0n) is 20.5. The Balaban J connectivity index is 1.26. The highest BCUT2D eigenvalue weighted by Crippen LogP contribution is 2.40. The second-order valence-corrected chi connectivity index (χ2v) is 9.89. The van der Waals surface area contributed by atoms with Gasteiger partial charge in [0.1, 0.15) is 30.1 Å². The van der Waals surface area contributed by atoms with Crippen molar-refractivity contribution in [3.05, 3.63) is 72.7 Å². The third-order valence-electron chi connectivity index (χ3n) is 7.65. The Hall–Kier alpha value is -3.42. The van der Waals surface area contributed by atoms with E-state index in [0.29, 0.717) is 30.5 Å². The second-order valence-electron chi connectivity index (χ2n) is 9.89. The quantitative estimate of drug-likeness (QED) is 0.402. The molecule has 36 heavy (non-hydrogen) atoms. The van der Waals surface area contributed by atoms with E-state index in [-0.39, 0.29) is 0 Å². The molecule has 2 aromatic carbocycles. The summed E-state index contributed by atoms with van der Waals surface area (Å²) in [6.07, 6.45) is 8.68. The number of ether oxygens (including phenoxy) is 2. The molecule has 0 spiro atoms. The monoisotopic (exact) mass is 483 g/mol. The third kappa shape index (κ3) is 4.68. The molecular weight excluding hydrogens is 450 g/mol. The first-order valence-corrected chi connectivity index (χ1v) is 13.0. The van der Waals surface area contributed by atoms with Gasteiger partial charge < -0.3 is 25.1 Å². The Bertz CT molecular complexity index is 1310. The highest BCUT2D eigenvalue weighted by molar-refractivity contribution is 6.00. The van der Waals surface area contributed by atoms with Gasteiger partial charge in [-0.3, -0.25) is 0 Å². The number of aromatic nitrogens is 3. The molecule has 6 rings (SSSR count). The SMILES string of the molecule is Nc1ncnc2c1c(-c1cccc(OCc3ccccc3)c1)cn2[C@H]1CC[C@@H](C2CNCCO2)CC1. The molecule has 0 amide bonds. The van der Waals surface area contributed by atoms with Crippen molar-refractivity contribution in [1.82, 2.24) is 19.9 Å². The third-order valence-corrected chi connectivity index (χ3v) is 7.65. The molecule has 1 atom stereocenters. The zero-order valence-corrected chi connectivity index (χ0v) is 20.5. The van der Waals surface area contributed by atoms with Crippen molar-refractivity contribution in [3.63, 3.8) is 0 Å². The standard InChI is InChI=1S/C29H33N5O2/c30-28-27-25(22-7-4-8-24(15-22)36-18-20-5-2-1-3-6-20)17-34(29(27)33-19-32-28)23-11-9-21(10-12-23)26-16-31-13-14-35-26/h1-8,15,17,19,21,23,26,31H,9-14,16,18H2,(H2,30,32,33)/t21-,23+,26?. The van der Waals surface area contributed by atoms with Crippen LogP contribution in [0, 0.1) is 5.92 Å². The fourth-order valence-electron chi connectivity index (χ4n) is 5.74. The van der Waals surface area contributed by atoms with Gasteiger partial charge in [0.05, 0.1) is 18.1 Å². The van der Waals surface area contributed by atoms with E-state index in [0.717, 1.165) is 78.9 Å². The van der Waals surface area contributed by atoms with Crippen molar-refractivity contribution in [2.75, 3.05) is 25.4 Å². The highest BCUT2D eigenvalue weighted by Gasteiger charge is 2.31. The molecule has 2 aromatic heterocycles. The topological polar surface area (TPSA) is 87.2 Å². The van der Waals surface area contributed by atoms with Crippen LogP contribution in [0.15, 0.2) is 67.1 Å². The first-order valence-electron chi connectivity index (χ1n) is 13.0. The van der Waals surface area contributed by atoms with Crippen LogP contribution < -0.4 is 15.8 Å². The molecule has 7 nitrogen and oxygen atoms in total. The summed E-state index contributed by atoms with van der Waals surface area (Å²) in [6, 6.07) is 18.8. The van der Waals surface area contributed by atoms with E-state index < -0.39 is 0 Å². The van der Waals surface area contributed by atoms with Gasteiger partial charge in [0.2, 0.25) is 0 Å². The molecule has 1 aliphatic heterocycles. The maximum atomic E-state index is 6.41. The largest absolute Gasteiger partial charge is 0.489 e. The van der Waals surface area contributed by atoms with Crippen LogP contribution in [-0.4, -0.2) is 40.3 Å². The van der Waals surface area contributed by atoms with Crippen LogP contribution in [0.5, 0.6) is 5.75 Å². The first kappa shape index (κ1) is 23.0. The molecule has 0 radical (unpaired) electrons. The van der Waals surface area contributed by atoms with E-state index in [1.807, 2.05) is 30.3 Å². The van der Waals surface area contributed by atoms with Gasteiger partial charge in [0.15, 0.2) is 0 Å². The fraction of sp³-hybridized carbons (Fsp3) is 0.379. The summed E-state index contributed by atoms with van der Waals surface area (Å²) in [7, 11) is 0. The molecule has 7 heteroatoms. The molecule has 1 saturated heterocycles. The Morgan fingerprint density at radius 1 is 1.03 bits per heavy atom. The maximum absolute atomic E-state index is 6.41. The van der Waals surface area contributed by atoms with Crippen molar-refractivity contribution < 1.29 is 9.47 Å². The minimum Gasteiger partial charge on any atom is -0.489 e. The first-order chi connectivity index (χ1) is 17.8. The van der Waals surface area contributed by atoms with Crippen molar-refractivity contribution in [2.45, 2.75) is 44.4 Å². The Kier molecular flexibility index (Phi) is 6.57. The summed E-state index contributed by atoms with van der Waals surface area (Å²) in [4.78, 5) is 9.00. The minimum absolute atomic E-state index is 0.341. The number of benzene rings is 2. The summed E-state index contributed by atoms with van der Waals surface area (Å²) in [5.41, 5.74) is 10.6. The summed E-state index contributed by atoms with van der Waals surface area (Å²) in [5.74, 6) is 1.96. The molecule has 3 heterocycles. The summed E-state index contributed by atoms with van der Waals surface area (Å²) in [5, 5.41) is 4.39. The number of nitrogens with one attached hydrogen (secondary N) is 1. The molecule has 2 fully saturated rings. The van der Waals surface area contributed by atoms with Crippen LogP contribution in [0.2, 0.25) is 0 Å².